The minimum absolute atomic E-state index is 0.0660. The lowest BCUT2D eigenvalue weighted by atomic mass is 10.1. The van der Waals surface area contributed by atoms with Crippen LogP contribution in [0, 0.1) is 0 Å². The van der Waals surface area contributed by atoms with Crippen molar-refractivity contribution in [3.63, 3.8) is 0 Å². The molecule has 0 fully saturated rings. The van der Waals surface area contributed by atoms with E-state index in [2.05, 4.69) is 21.8 Å². The van der Waals surface area contributed by atoms with E-state index >= 15 is 0 Å². The van der Waals surface area contributed by atoms with Crippen molar-refractivity contribution in [1.29, 1.82) is 0 Å². The second-order valence-electron chi connectivity index (χ2n) is 4.42. The molecule has 0 aliphatic carbocycles. The maximum Gasteiger partial charge on any atom is 0.233 e. The molecule has 0 spiro atoms. The lowest BCUT2D eigenvalue weighted by Crippen LogP contribution is -2.31. The average molecular weight is 253 g/mol. The largest absolute Gasteiger partial charge is 0.299 e. The smallest absolute Gasteiger partial charge is 0.233 e. The molecule has 0 saturated heterocycles. The van der Waals surface area contributed by atoms with Crippen molar-refractivity contribution in [3.05, 3.63) is 21.9 Å². The number of rotatable bonds is 5. The average Bonchev–Trinajstić information content (AvgIpc) is 2.81. The standard InChI is InChI=1S/C12H19N3OS/c13-14-12(16)3-1-2-6-15-7-4-11-10(9-15)5-8-17-11/h5,8H,1-4,6-7,9,13H2,(H,14,16). The highest BCUT2D eigenvalue weighted by molar-refractivity contribution is 7.10. The summed E-state index contributed by atoms with van der Waals surface area (Å²) in [5.74, 6) is 4.96. The first-order valence-corrected chi connectivity index (χ1v) is 6.94. The molecule has 5 heteroatoms. The summed E-state index contributed by atoms with van der Waals surface area (Å²) >= 11 is 1.87. The number of nitrogens with one attached hydrogen (secondary N) is 1. The zero-order chi connectivity index (χ0) is 12.1. The SMILES string of the molecule is NNC(=O)CCCCN1CCc2sccc2C1. The summed E-state index contributed by atoms with van der Waals surface area (Å²) in [5, 5.41) is 2.18. The summed E-state index contributed by atoms with van der Waals surface area (Å²) in [6, 6.07) is 2.23. The molecule has 0 bridgehead atoms. The predicted octanol–water partition coefficient (Wildman–Crippen LogP) is 1.27. The Morgan fingerprint density at radius 1 is 1.53 bits per heavy atom. The van der Waals surface area contributed by atoms with Gasteiger partial charge in [0.2, 0.25) is 5.91 Å². The van der Waals surface area contributed by atoms with Gasteiger partial charge in [-0.1, -0.05) is 0 Å². The van der Waals surface area contributed by atoms with Gasteiger partial charge in [0.25, 0.3) is 0 Å². The van der Waals surface area contributed by atoms with E-state index < -0.39 is 0 Å². The van der Waals surface area contributed by atoms with Crippen molar-refractivity contribution in [2.24, 2.45) is 5.84 Å². The van der Waals surface area contributed by atoms with Crippen LogP contribution < -0.4 is 11.3 Å². The van der Waals surface area contributed by atoms with Crippen molar-refractivity contribution < 1.29 is 4.79 Å². The summed E-state index contributed by atoms with van der Waals surface area (Å²) in [6.07, 6.45) is 3.69. The van der Waals surface area contributed by atoms with Crippen LogP contribution in [0.5, 0.6) is 0 Å². The Kier molecular flexibility index (Phi) is 4.53. The first-order valence-electron chi connectivity index (χ1n) is 6.06. The van der Waals surface area contributed by atoms with E-state index in [1.807, 2.05) is 11.3 Å². The molecule has 1 aromatic rings. The molecule has 2 rings (SSSR count). The zero-order valence-electron chi connectivity index (χ0n) is 9.95. The summed E-state index contributed by atoms with van der Waals surface area (Å²) in [5.41, 5.74) is 3.65. The van der Waals surface area contributed by atoms with Crippen molar-refractivity contribution >= 4 is 17.2 Å². The molecule has 94 valence electrons. The highest BCUT2D eigenvalue weighted by Crippen LogP contribution is 2.24. The van der Waals surface area contributed by atoms with Gasteiger partial charge in [-0.05, 0) is 42.8 Å². The molecule has 0 unspecified atom stereocenters. The first-order chi connectivity index (χ1) is 8.29. The first kappa shape index (κ1) is 12.5. The Labute approximate surface area is 106 Å². The molecule has 1 amide bonds. The van der Waals surface area contributed by atoms with Gasteiger partial charge in [0.15, 0.2) is 0 Å². The quantitative estimate of drug-likeness (QED) is 0.359. The molecular weight excluding hydrogens is 234 g/mol. The number of unbranched alkanes of at least 4 members (excludes halogenated alkanes) is 1. The lowest BCUT2D eigenvalue weighted by Gasteiger charge is -2.26. The number of thiophene rings is 1. The highest BCUT2D eigenvalue weighted by atomic mass is 32.1. The van der Waals surface area contributed by atoms with E-state index in [1.54, 1.807) is 4.88 Å². The number of hydrogen-bond acceptors (Lipinski definition) is 4. The third-order valence-corrected chi connectivity index (χ3v) is 4.20. The van der Waals surface area contributed by atoms with Crippen LogP contribution in [0.4, 0.5) is 0 Å². The molecule has 4 nitrogen and oxygen atoms in total. The van der Waals surface area contributed by atoms with E-state index in [4.69, 9.17) is 5.84 Å². The van der Waals surface area contributed by atoms with E-state index in [0.717, 1.165) is 32.5 Å². The van der Waals surface area contributed by atoms with Crippen LogP contribution in [-0.4, -0.2) is 23.9 Å². The Hall–Kier alpha value is -0.910. The fourth-order valence-electron chi connectivity index (χ4n) is 2.19. The summed E-state index contributed by atoms with van der Waals surface area (Å²) in [4.78, 5) is 15.0. The van der Waals surface area contributed by atoms with Gasteiger partial charge in [0.1, 0.15) is 0 Å². The second-order valence-corrected chi connectivity index (χ2v) is 5.42. The van der Waals surface area contributed by atoms with Crippen LogP contribution in [-0.2, 0) is 17.8 Å². The summed E-state index contributed by atoms with van der Waals surface area (Å²) in [6.45, 7) is 3.30. The molecule has 0 saturated carbocycles. The van der Waals surface area contributed by atoms with Gasteiger partial charge in [-0.15, -0.1) is 11.3 Å². The molecule has 17 heavy (non-hydrogen) atoms. The van der Waals surface area contributed by atoms with Gasteiger partial charge in [-0.25, -0.2) is 5.84 Å². The number of fused-ring (bicyclic) bond motifs is 1. The molecule has 1 aliphatic rings. The Balaban J connectivity index is 1.67. The molecule has 0 atom stereocenters. The second kappa shape index (κ2) is 6.14. The Morgan fingerprint density at radius 3 is 3.24 bits per heavy atom. The molecule has 1 aromatic heterocycles. The predicted molar refractivity (Wildman–Crippen MR) is 69.5 cm³/mol. The van der Waals surface area contributed by atoms with E-state index in [1.165, 1.54) is 12.0 Å². The van der Waals surface area contributed by atoms with Crippen molar-refractivity contribution in [2.75, 3.05) is 13.1 Å². The normalized spacial score (nSPS) is 15.6. The van der Waals surface area contributed by atoms with E-state index in [9.17, 15) is 4.79 Å². The molecule has 0 aromatic carbocycles. The molecule has 3 N–H and O–H groups in total. The van der Waals surface area contributed by atoms with Gasteiger partial charge >= 0.3 is 0 Å². The highest BCUT2D eigenvalue weighted by Gasteiger charge is 2.16. The van der Waals surface area contributed by atoms with E-state index in [-0.39, 0.29) is 5.91 Å². The van der Waals surface area contributed by atoms with Gasteiger partial charge in [0, 0.05) is 24.4 Å². The van der Waals surface area contributed by atoms with Gasteiger partial charge in [-0.3, -0.25) is 15.1 Å². The fraction of sp³-hybridized carbons (Fsp3) is 0.583. The third-order valence-electron chi connectivity index (χ3n) is 3.18. The molecule has 2 heterocycles. The van der Waals surface area contributed by atoms with Gasteiger partial charge in [-0.2, -0.15) is 0 Å². The molecule has 0 radical (unpaired) electrons. The number of hydrogen-bond donors (Lipinski definition) is 2. The topological polar surface area (TPSA) is 58.4 Å². The minimum Gasteiger partial charge on any atom is -0.299 e. The van der Waals surface area contributed by atoms with Crippen molar-refractivity contribution in [3.8, 4) is 0 Å². The van der Waals surface area contributed by atoms with Crippen LogP contribution in [0.1, 0.15) is 29.7 Å². The number of carbonyl (C=O) groups is 1. The van der Waals surface area contributed by atoms with Gasteiger partial charge in [0.05, 0.1) is 0 Å². The van der Waals surface area contributed by atoms with Crippen LogP contribution in [0.25, 0.3) is 0 Å². The maximum absolute atomic E-state index is 10.9. The van der Waals surface area contributed by atoms with Crippen molar-refractivity contribution in [2.45, 2.75) is 32.2 Å². The number of nitrogens with two attached hydrogens (primary N) is 1. The number of hydrazine groups is 1. The number of amides is 1. The fourth-order valence-corrected chi connectivity index (χ4v) is 3.08. The zero-order valence-corrected chi connectivity index (χ0v) is 10.8. The monoisotopic (exact) mass is 253 g/mol. The Morgan fingerprint density at radius 2 is 2.41 bits per heavy atom. The van der Waals surface area contributed by atoms with Crippen LogP contribution in [0.2, 0.25) is 0 Å². The van der Waals surface area contributed by atoms with Crippen LogP contribution in [0.15, 0.2) is 11.4 Å². The van der Waals surface area contributed by atoms with Crippen LogP contribution >= 0.6 is 11.3 Å². The third kappa shape index (κ3) is 3.52. The van der Waals surface area contributed by atoms with E-state index in [0.29, 0.717) is 6.42 Å². The molecular formula is C12H19N3OS. The Bertz CT molecular complexity index is 378. The summed E-state index contributed by atoms with van der Waals surface area (Å²) < 4.78 is 0. The number of nitrogens with zero attached hydrogens (tertiary/aromatic N) is 1. The summed E-state index contributed by atoms with van der Waals surface area (Å²) in [7, 11) is 0. The molecule has 1 aliphatic heterocycles. The maximum atomic E-state index is 10.9. The lowest BCUT2D eigenvalue weighted by molar-refractivity contribution is -0.121. The van der Waals surface area contributed by atoms with Gasteiger partial charge < -0.3 is 0 Å². The van der Waals surface area contributed by atoms with Crippen molar-refractivity contribution in [1.82, 2.24) is 10.3 Å². The minimum atomic E-state index is -0.0660. The number of carbonyl (C=O) groups excluding carboxylic acids is 1. The van der Waals surface area contributed by atoms with Crippen LogP contribution in [0.3, 0.4) is 0 Å².